The number of nitrogens with zero attached hydrogens (tertiary/aromatic N) is 4. The van der Waals surface area contributed by atoms with Crippen molar-refractivity contribution in [2.75, 3.05) is 12.5 Å². The second-order valence-corrected chi connectivity index (χ2v) is 6.41. The number of nitro groups is 1. The SMILES string of the molecule is COc1ccc(Cl)cc1-n1c(C)cc(/C=N\Nc2ncccc2[N+](=O)[O-])c1C. The highest BCUT2D eigenvalue weighted by Gasteiger charge is 2.15. The highest BCUT2D eigenvalue weighted by Crippen LogP contribution is 2.30. The molecule has 28 heavy (non-hydrogen) atoms. The lowest BCUT2D eigenvalue weighted by atomic mass is 10.2. The van der Waals surface area contributed by atoms with E-state index in [-0.39, 0.29) is 11.5 Å². The first-order valence-electron chi connectivity index (χ1n) is 8.33. The first kappa shape index (κ1) is 19.4. The number of pyridine rings is 1. The third-order valence-electron chi connectivity index (χ3n) is 4.21. The van der Waals surface area contributed by atoms with Gasteiger partial charge in [0.25, 0.3) is 0 Å². The molecule has 0 aliphatic carbocycles. The number of ether oxygens (including phenoxy) is 1. The summed E-state index contributed by atoms with van der Waals surface area (Å²) in [6, 6.07) is 10.2. The summed E-state index contributed by atoms with van der Waals surface area (Å²) < 4.78 is 7.46. The van der Waals surface area contributed by atoms with Gasteiger partial charge in [-0.25, -0.2) is 4.98 Å². The predicted octanol–water partition coefficient (Wildman–Crippen LogP) is 4.51. The van der Waals surface area contributed by atoms with Crippen LogP contribution in [0.15, 0.2) is 47.7 Å². The van der Waals surface area contributed by atoms with Crippen LogP contribution in [-0.4, -0.2) is 27.8 Å². The van der Waals surface area contributed by atoms with Crippen LogP contribution < -0.4 is 10.2 Å². The minimum Gasteiger partial charge on any atom is -0.495 e. The number of hydrogen-bond acceptors (Lipinski definition) is 6. The summed E-state index contributed by atoms with van der Waals surface area (Å²) in [6.07, 6.45) is 3.05. The van der Waals surface area contributed by atoms with Gasteiger partial charge in [-0.15, -0.1) is 0 Å². The fourth-order valence-corrected chi connectivity index (χ4v) is 3.09. The van der Waals surface area contributed by atoms with E-state index in [0.29, 0.717) is 10.8 Å². The maximum atomic E-state index is 11.0. The van der Waals surface area contributed by atoms with Crippen molar-refractivity contribution >= 4 is 29.3 Å². The minimum absolute atomic E-state index is 0.0778. The molecule has 0 saturated carbocycles. The topological polar surface area (TPSA) is 94.6 Å². The molecule has 0 spiro atoms. The average molecular weight is 400 g/mol. The Morgan fingerprint density at radius 3 is 2.82 bits per heavy atom. The lowest BCUT2D eigenvalue weighted by molar-refractivity contribution is -0.384. The molecule has 1 N–H and O–H groups in total. The van der Waals surface area contributed by atoms with Crippen molar-refractivity contribution in [3.8, 4) is 11.4 Å². The van der Waals surface area contributed by atoms with Crippen LogP contribution in [-0.2, 0) is 0 Å². The predicted molar refractivity (Wildman–Crippen MR) is 109 cm³/mol. The first-order chi connectivity index (χ1) is 13.4. The van der Waals surface area contributed by atoms with Crippen LogP contribution in [0.25, 0.3) is 5.69 Å². The number of aryl methyl sites for hydroxylation is 1. The molecule has 0 aliphatic rings. The van der Waals surface area contributed by atoms with Crippen molar-refractivity contribution in [2.45, 2.75) is 13.8 Å². The van der Waals surface area contributed by atoms with Gasteiger partial charge in [-0.1, -0.05) is 11.6 Å². The van der Waals surface area contributed by atoms with E-state index in [0.717, 1.165) is 22.6 Å². The number of aromatic nitrogens is 2. The molecule has 0 aliphatic heterocycles. The summed E-state index contributed by atoms with van der Waals surface area (Å²) in [7, 11) is 1.60. The van der Waals surface area contributed by atoms with Gasteiger partial charge in [-0.3, -0.25) is 15.5 Å². The normalized spacial score (nSPS) is 11.0. The van der Waals surface area contributed by atoms with Gasteiger partial charge in [-0.2, -0.15) is 5.10 Å². The van der Waals surface area contributed by atoms with Gasteiger partial charge in [0.1, 0.15) is 5.75 Å². The highest BCUT2D eigenvalue weighted by molar-refractivity contribution is 6.30. The Bertz CT molecular complexity index is 1060. The molecule has 3 rings (SSSR count). The summed E-state index contributed by atoms with van der Waals surface area (Å²) in [5.74, 6) is 0.769. The van der Waals surface area contributed by atoms with Crippen molar-refractivity contribution in [3.05, 3.63) is 74.7 Å². The highest BCUT2D eigenvalue weighted by atomic mass is 35.5. The maximum absolute atomic E-state index is 11.0. The Kier molecular flexibility index (Phi) is 5.60. The van der Waals surface area contributed by atoms with E-state index in [9.17, 15) is 10.1 Å². The number of methoxy groups -OCH3 is 1. The monoisotopic (exact) mass is 399 g/mol. The summed E-state index contributed by atoms with van der Waals surface area (Å²) in [4.78, 5) is 14.5. The molecule has 144 valence electrons. The molecule has 0 fully saturated rings. The molecule has 0 unspecified atom stereocenters. The summed E-state index contributed by atoms with van der Waals surface area (Å²) in [6.45, 7) is 3.90. The van der Waals surface area contributed by atoms with Crippen LogP contribution in [0.2, 0.25) is 5.02 Å². The number of nitrogens with one attached hydrogen (secondary N) is 1. The van der Waals surface area contributed by atoms with Crippen molar-refractivity contribution < 1.29 is 9.66 Å². The zero-order valence-corrected chi connectivity index (χ0v) is 16.3. The van der Waals surface area contributed by atoms with Crippen LogP contribution >= 0.6 is 11.6 Å². The van der Waals surface area contributed by atoms with Gasteiger partial charge < -0.3 is 9.30 Å². The van der Waals surface area contributed by atoms with Crippen LogP contribution in [0, 0.1) is 24.0 Å². The van der Waals surface area contributed by atoms with Crippen LogP contribution in [0.3, 0.4) is 0 Å². The van der Waals surface area contributed by atoms with Crippen molar-refractivity contribution in [1.82, 2.24) is 9.55 Å². The van der Waals surface area contributed by atoms with E-state index in [1.165, 1.54) is 18.3 Å². The van der Waals surface area contributed by atoms with Gasteiger partial charge in [0.2, 0.25) is 5.82 Å². The molecule has 1 aromatic carbocycles. The molecular formula is C19H18ClN5O3. The van der Waals surface area contributed by atoms with Crippen LogP contribution in [0.5, 0.6) is 5.75 Å². The quantitative estimate of drug-likeness (QED) is 0.374. The molecule has 0 radical (unpaired) electrons. The number of hydrazone groups is 1. The third kappa shape index (κ3) is 3.81. The average Bonchev–Trinajstić information content (AvgIpc) is 2.95. The third-order valence-corrected chi connectivity index (χ3v) is 4.44. The molecule has 8 nitrogen and oxygen atoms in total. The van der Waals surface area contributed by atoms with E-state index >= 15 is 0 Å². The zero-order chi connectivity index (χ0) is 20.3. The van der Waals surface area contributed by atoms with E-state index in [4.69, 9.17) is 16.3 Å². The van der Waals surface area contributed by atoms with Gasteiger partial charge in [0.05, 0.1) is 23.9 Å². The Labute approximate surface area is 166 Å². The van der Waals surface area contributed by atoms with E-state index < -0.39 is 4.92 Å². The van der Waals surface area contributed by atoms with Crippen molar-refractivity contribution in [1.29, 1.82) is 0 Å². The van der Waals surface area contributed by atoms with Crippen molar-refractivity contribution in [2.24, 2.45) is 5.10 Å². The Morgan fingerprint density at radius 2 is 2.11 bits per heavy atom. The number of rotatable bonds is 6. The van der Waals surface area contributed by atoms with Crippen LogP contribution in [0.1, 0.15) is 17.0 Å². The minimum atomic E-state index is -0.512. The molecule has 0 atom stereocenters. The molecule has 2 aromatic heterocycles. The molecule has 0 bridgehead atoms. The van der Waals surface area contributed by atoms with Gasteiger partial charge >= 0.3 is 5.69 Å². The summed E-state index contributed by atoms with van der Waals surface area (Å²) in [5, 5.41) is 15.8. The number of benzene rings is 1. The van der Waals surface area contributed by atoms with Crippen molar-refractivity contribution in [3.63, 3.8) is 0 Å². The first-order valence-corrected chi connectivity index (χ1v) is 8.71. The molecule has 0 saturated heterocycles. The van der Waals surface area contributed by atoms with Gasteiger partial charge in [-0.05, 0) is 44.2 Å². The smallest absolute Gasteiger partial charge is 0.313 e. The molecule has 0 amide bonds. The number of halogens is 1. The molecule has 3 aromatic rings. The Hall–Kier alpha value is -3.39. The molecular weight excluding hydrogens is 382 g/mol. The Morgan fingerprint density at radius 1 is 1.32 bits per heavy atom. The van der Waals surface area contributed by atoms with Gasteiger partial charge in [0.15, 0.2) is 0 Å². The number of anilines is 1. The van der Waals surface area contributed by atoms with E-state index in [1.54, 1.807) is 19.4 Å². The van der Waals surface area contributed by atoms with E-state index in [2.05, 4.69) is 15.5 Å². The zero-order valence-electron chi connectivity index (χ0n) is 15.5. The summed E-state index contributed by atoms with van der Waals surface area (Å²) >= 11 is 6.16. The summed E-state index contributed by atoms with van der Waals surface area (Å²) in [5.41, 5.74) is 6.02. The number of hydrogen-bond donors (Lipinski definition) is 1. The second kappa shape index (κ2) is 8.10. The maximum Gasteiger partial charge on any atom is 0.313 e. The van der Waals surface area contributed by atoms with Gasteiger partial charge in [0, 0.05) is 34.2 Å². The Balaban J connectivity index is 1.92. The van der Waals surface area contributed by atoms with Crippen LogP contribution in [0.4, 0.5) is 11.5 Å². The molecule has 2 heterocycles. The van der Waals surface area contributed by atoms with E-state index in [1.807, 2.05) is 36.6 Å². The lowest BCUT2D eigenvalue weighted by Crippen LogP contribution is -2.03. The largest absolute Gasteiger partial charge is 0.495 e. The lowest BCUT2D eigenvalue weighted by Gasteiger charge is -2.14. The fraction of sp³-hybridized carbons (Fsp3) is 0.158. The fourth-order valence-electron chi connectivity index (χ4n) is 2.92. The second-order valence-electron chi connectivity index (χ2n) is 5.98. The molecule has 9 heteroatoms. The standard InChI is InChI=1S/C19H18ClN5O3/c1-12-9-14(11-22-23-19-16(25(26)27)5-4-8-21-19)13(2)24(12)17-10-15(20)6-7-18(17)28-3/h4-11H,1-3H3,(H,21,23)/b22-11-.